The van der Waals surface area contributed by atoms with E-state index in [9.17, 15) is 36.2 Å². The van der Waals surface area contributed by atoms with Gasteiger partial charge in [-0.3, -0.25) is 4.57 Å². The Bertz CT molecular complexity index is 1490. The van der Waals surface area contributed by atoms with E-state index >= 15 is 0 Å². The summed E-state index contributed by atoms with van der Waals surface area (Å²) in [7, 11) is 0. The van der Waals surface area contributed by atoms with Crippen molar-refractivity contribution in [3.8, 4) is 17.1 Å². The molecule has 2 heterocycles. The van der Waals surface area contributed by atoms with Crippen LogP contribution in [0.3, 0.4) is 0 Å². The van der Waals surface area contributed by atoms with E-state index in [1.807, 2.05) is 0 Å². The molecule has 0 saturated heterocycles. The van der Waals surface area contributed by atoms with Crippen LogP contribution >= 0.6 is 11.6 Å². The van der Waals surface area contributed by atoms with E-state index in [1.165, 1.54) is 37.3 Å². The van der Waals surface area contributed by atoms with Gasteiger partial charge in [0.1, 0.15) is 12.6 Å². The van der Waals surface area contributed by atoms with Crippen molar-refractivity contribution >= 4 is 11.6 Å². The van der Waals surface area contributed by atoms with E-state index in [2.05, 4.69) is 15.2 Å². The second kappa shape index (κ2) is 10.3. The molecule has 4 rings (SSSR count). The van der Waals surface area contributed by atoms with E-state index in [0.29, 0.717) is 10.6 Å². The van der Waals surface area contributed by atoms with E-state index in [4.69, 9.17) is 11.6 Å². The van der Waals surface area contributed by atoms with Crippen LogP contribution in [0.5, 0.6) is 0 Å². The molecule has 0 aliphatic rings. The van der Waals surface area contributed by atoms with Gasteiger partial charge >= 0.3 is 18.0 Å². The fourth-order valence-electron chi connectivity index (χ4n) is 3.64. The Morgan fingerprint density at radius 2 is 1.71 bits per heavy atom. The molecule has 0 radical (unpaired) electrons. The molecule has 8 nitrogen and oxygen atoms in total. The summed E-state index contributed by atoms with van der Waals surface area (Å²) in [4.78, 5) is 17.2. The number of aromatic nitrogens is 6. The molecule has 15 heteroatoms. The van der Waals surface area contributed by atoms with Gasteiger partial charge in [0, 0.05) is 17.1 Å². The van der Waals surface area contributed by atoms with Crippen LogP contribution in [0, 0.1) is 0 Å². The zero-order chi connectivity index (χ0) is 27.8. The topological polar surface area (TPSA) is 90.8 Å². The van der Waals surface area contributed by atoms with Gasteiger partial charge in [-0.15, -0.1) is 10.2 Å². The Hall–Kier alpha value is -3.65. The van der Waals surface area contributed by atoms with Gasteiger partial charge in [0.15, 0.2) is 17.5 Å². The standard InChI is InChI=1S/C23H19ClF6N6O2/c1-13(37)19-31-18(32-36(19)17-4-2-3-15(11-17)23(28,29)30)12-35-21(38)34(10-9-22(25,26)27)20(33-35)14-5-7-16(24)8-6-14/h2-8,11,13,37H,9-10,12H2,1H3. The van der Waals surface area contributed by atoms with Crippen molar-refractivity contribution in [1.29, 1.82) is 0 Å². The van der Waals surface area contributed by atoms with Crippen LogP contribution in [0.1, 0.15) is 36.7 Å². The number of aliphatic hydroxyl groups is 1. The van der Waals surface area contributed by atoms with Gasteiger partial charge in [0.25, 0.3) is 0 Å². The lowest BCUT2D eigenvalue weighted by molar-refractivity contribution is -0.138. The van der Waals surface area contributed by atoms with Gasteiger partial charge in [-0.25, -0.2) is 19.1 Å². The van der Waals surface area contributed by atoms with Gasteiger partial charge in [-0.05, 0) is 49.4 Å². The third kappa shape index (κ3) is 6.07. The van der Waals surface area contributed by atoms with Crippen molar-refractivity contribution in [3.63, 3.8) is 0 Å². The molecule has 2 aromatic carbocycles. The number of aliphatic hydroxyl groups excluding tert-OH is 1. The van der Waals surface area contributed by atoms with Crippen molar-refractivity contribution < 1.29 is 31.4 Å². The molecule has 0 fully saturated rings. The molecule has 0 amide bonds. The van der Waals surface area contributed by atoms with Crippen LogP contribution in [0.4, 0.5) is 26.3 Å². The maximum Gasteiger partial charge on any atom is 0.416 e. The average molecular weight is 561 g/mol. The zero-order valence-electron chi connectivity index (χ0n) is 19.5. The van der Waals surface area contributed by atoms with Crippen LogP contribution in [0.25, 0.3) is 17.1 Å². The Morgan fingerprint density at radius 3 is 2.32 bits per heavy atom. The molecule has 1 unspecified atom stereocenters. The fourth-order valence-corrected chi connectivity index (χ4v) is 3.77. The second-order valence-electron chi connectivity index (χ2n) is 8.31. The molecule has 202 valence electrons. The van der Waals surface area contributed by atoms with E-state index in [0.717, 1.165) is 32.1 Å². The lowest BCUT2D eigenvalue weighted by atomic mass is 10.2. The molecular weight excluding hydrogens is 542 g/mol. The first-order chi connectivity index (χ1) is 17.7. The third-order valence-corrected chi connectivity index (χ3v) is 5.66. The van der Waals surface area contributed by atoms with Crippen molar-refractivity contribution in [2.45, 2.75) is 44.9 Å². The fraction of sp³-hybridized carbons (Fsp3) is 0.304. The molecule has 1 atom stereocenters. The molecule has 0 saturated carbocycles. The van der Waals surface area contributed by atoms with Gasteiger partial charge in [-0.2, -0.15) is 26.3 Å². The summed E-state index contributed by atoms with van der Waals surface area (Å²) >= 11 is 5.89. The Balaban J connectivity index is 1.75. The predicted octanol–water partition coefficient (Wildman–Crippen LogP) is 5.02. The Morgan fingerprint density at radius 1 is 1.03 bits per heavy atom. The quantitative estimate of drug-likeness (QED) is 0.321. The Labute approximate surface area is 215 Å². The number of hydrogen-bond acceptors (Lipinski definition) is 5. The molecule has 0 spiro atoms. The summed E-state index contributed by atoms with van der Waals surface area (Å²) in [5.74, 6) is -0.269. The van der Waals surface area contributed by atoms with Crippen molar-refractivity contribution in [1.82, 2.24) is 29.1 Å². The highest BCUT2D eigenvalue weighted by Gasteiger charge is 2.31. The SMILES string of the molecule is CC(O)c1nc(Cn2nc(-c3ccc(Cl)cc3)n(CCC(F)(F)F)c2=O)nn1-c1cccc(C(F)(F)F)c1. The maximum absolute atomic E-state index is 13.2. The van der Waals surface area contributed by atoms with Crippen LogP contribution in [0.2, 0.25) is 5.02 Å². The summed E-state index contributed by atoms with van der Waals surface area (Å²) in [6.07, 6.45) is -11.7. The number of alkyl halides is 6. The van der Waals surface area contributed by atoms with Crippen LogP contribution in [-0.4, -0.2) is 40.4 Å². The van der Waals surface area contributed by atoms with E-state index in [-0.39, 0.29) is 23.2 Å². The minimum Gasteiger partial charge on any atom is -0.385 e. The van der Waals surface area contributed by atoms with E-state index in [1.54, 1.807) is 0 Å². The normalized spacial score (nSPS) is 13.2. The number of halogens is 7. The van der Waals surface area contributed by atoms with Crippen LogP contribution < -0.4 is 5.69 Å². The molecule has 1 N–H and O–H groups in total. The third-order valence-electron chi connectivity index (χ3n) is 5.40. The highest BCUT2D eigenvalue weighted by atomic mass is 35.5. The molecule has 4 aromatic rings. The first kappa shape index (κ1) is 27.4. The average Bonchev–Trinajstić information content (AvgIpc) is 3.39. The first-order valence-corrected chi connectivity index (χ1v) is 11.4. The minimum atomic E-state index is -4.63. The summed E-state index contributed by atoms with van der Waals surface area (Å²) in [5.41, 5.74) is -1.54. The molecule has 0 aliphatic carbocycles. The van der Waals surface area contributed by atoms with Gasteiger partial charge < -0.3 is 5.11 Å². The largest absolute Gasteiger partial charge is 0.416 e. The number of hydrogen-bond donors (Lipinski definition) is 1. The van der Waals surface area contributed by atoms with Crippen LogP contribution in [0.15, 0.2) is 53.3 Å². The van der Waals surface area contributed by atoms with Gasteiger partial charge in [0.2, 0.25) is 0 Å². The smallest absolute Gasteiger partial charge is 0.385 e. The maximum atomic E-state index is 13.2. The molecule has 0 aliphatic heterocycles. The Kier molecular flexibility index (Phi) is 7.39. The summed E-state index contributed by atoms with van der Waals surface area (Å²) in [5, 5.41) is 18.8. The van der Waals surface area contributed by atoms with Crippen molar-refractivity contribution in [3.05, 3.63) is 81.3 Å². The highest BCUT2D eigenvalue weighted by molar-refractivity contribution is 6.30. The van der Waals surface area contributed by atoms with Crippen molar-refractivity contribution in [2.75, 3.05) is 0 Å². The first-order valence-electron chi connectivity index (χ1n) is 11.0. The number of nitrogens with zero attached hydrogens (tertiary/aromatic N) is 6. The second-order valence-corrected chi connectivity index (χ2v) is 8.75. The molecule has 38 heavy (non-hydrogen) atoms. The van der Waals surface area contributed by atoms with Crippen LogP contribution in [-0.2, 0) is 19.3 Å². The molecule has 0 bridgehead atoms. The summed E-state index contributed by atoms with van der Waals surface area (Å²) < 4.78 is 81.1. The van der Waals surface area contributed by atoms with Crippen molar-refractivity contribution in [2.24, 2.45) is 0 Å². The van der Waals surface area contributed by atoms with Gasteiger partial charge in [-0.1, -0.05) is 17.7 Å². The molecule has 2 aromatic heterocycles. The predicted molar refractivity (Wildman–Crippen MR) is 124 cm³/mol. The summed E-state index contributed by atoms with van der Waals surface area (Å²) in [6, 6.07) is 10.1. The lowest BCUT2D eigenvalue weighted by Gasteiger charge is -2.11. The zero-order valence-corrected chi connectivity index (χ0v) is 20.3. The number of rotatable bonds is 7. The summed E-state index contributed by atoms with van der Waals surface area (Å²) in [6.45, 7) is 0.198. The highest BCUT2D eigenvalue weighted by Crippen LogP contribution is 2.31. The van der Waals surface area contributed by atoms with E-state index < -0.39 is 49.2 Å². The van der Waals surface area contributed by atoms with Gasteiger partial charge in [0.05, 0.1) is 17.7 Å². The monoisotopic (exact) mass is 560 g/mol. The minimum absolute atomic E-state index is 0.0422. The lowest BCUT2D eigenvalue weighted by Crippen LogP contribution is -2.27. The number of benzene rings is 2. The molecular formula is C23H19ClF6N6O2.